The summed E-state index contributed by atoms with van der Waals surface area (Å²) in [7, 11) is 0. The molecule has 0 amide bonds. The Morgan fingerprint density at radius 2 is 2.13 bits per heavy atom. The van der Waals surface area contributed by atoms with Crippen LogP contribution in [0, 0.1) is 6.92 Å². The molecular formula is C10H11ClN4. The van der Waals surface area contributed by atoms with Crippen LogP contribution in [0.1, 0.15) is 11.4 Å². The van der Waals surface area contributed by atoms with Gasteiger partial charge in [0.05, 0.1) is 6.54 Å². The van der Waals surface area contributed by atoms with Crippen molar-refractivity contribution in [1.82, 2.24) is 14.8 Å². The molecule has 2 aromatic rings. The van der Waals surface area contributed by atoms with E-state index in [2.05, 4.69) is 10.1 Å². The molecule has 2 rings (SSSR count). The fraction of sp³-hybridized carbons (Fsp3) is 0.200. The highest BCUT2D eigenvalue weighted by atomic mass is 35.5. The predicted octanol–water partition coefficient (Wildman–Crippen LogP) is 1.87. The van der Waals surface area contributed by atoms with E-state index < -0.39 is 0 Å². The van der Waals surface area contributed by atoms with Crippen LogP contribution in [0.15, 0.2) is 24.3 Å². The van der Waals surface area contributed by atoms with Crippen LogP contribution in [0.3, 0.4) is 0 Å². The number of nitrogens with zero attached hydrogens (tertiary/aromatic N) is 3. The highest BCUT2D eigenvalue weighted by Crippen LogP contribution is 2.16. The molecule has 1 heterocycles. The molecule has 0 saturated carbocycles. The topological polar surface area (TPSA) is 56.7 Å². The van der Waals surface area contributed by atoms with E-state index in [1.54, 1.807) is 11.6 Å². The molecule has 78 valence electrons. The lowest BCUT2D eigenvalue weighted by atomic mass is 10.2. The molecule has 2 N–H and O–H groups in total. The number of nitrogens with two attached hydrogens (primary N) is 1. The first-order valence-corrected chi connectivity index (χ1v) is 4.95. The summed E-state index contributed by atoms with van der Waals surface area (Å²) in [4.78, 5) is 4.02. The minimum absolute atomic E-state index is 0.410. The number of aromatic nitrogens is 3. The lowest BCUT2D eigenvalue weighted by molar-refractivity contribution is 0.689. The lowest BCUT2D eigenvalue weighted by Crippen LogP contribution is -2.06. The van der Waals surface area contributed by atoms with Crippen LogP contribution in [-0.2, 0) is 6.54 Å². The summed E-state index contributed by atoms with van der Waals surface area (Å²) in [6, 6.07) is 7.61. The first-order chi connectivity index (χ1) is 7.16. The minimum atomic E-state index is 0.410. The second-order valence-corrected chi connectivity index (χ2v) is 3.67. The maximum atomic E-state index is 6.03. The van der Waals surface area contributed by atoms with Gasteiger partial charge in [0.1, 0.15) is 5.82 Å². The van der Waals surface area contributed by atoms with Crippen LogP contribution in [0.25, 0.3) is 0 Å². The number of hydrogen-bond acceptors (Lipinski definition) is 3. The maximum absolute atomic E-state index is 6.03. The maximum Gasteiger partial charge on any atom is 0.219 e. The third-order valence-corrected chi connectivity index (χ3v) is 2.45. The number of aryl methyl sites for hydroxylation is 1. The Labute approximate surface area is 92.7 Å². The van der Waals surface area contributed by atoms with Crippen molar-refractivity contribution in [2.24, 2.45) is 0 Å². The Hall–Kier alpha value is -1.55. The molecule has 0 aliphatic rings. The second kappa shape index (κ2) is 3.90. The van der Waals surface area contributed by atoms with Crippen molar-refractivity contribution in [2.45, 2.75) is 13.5 Å². The molecule has 1 aromatic heterocycles. The summed E-state index contributed by atoms with van der Waals surface area (Å²) >= 11 is 6.03. The molecular weight excluding hydrogens is 212 g/mol. The van der Waals surface area contributed by atoms with Crippen molar-refractivity contribution in [2.75, 3.05) is 5.73 Å². The van der Waals surface area contributed by atoms with Gasteiger partial charge >= 0.3 is 0 Å². The Kier molecular flexibility index (Phi) is 2.60. The first-order valence-electron chi connectivity index (χ1n) is 4.57. The quantitative estimate of drug-likeness (QED) is 0.844. The lowest BCUT2D eigenvalue weighted by Gasteiger charge is -2.04. The number of nitrogen functional groups attached to an aromatic ring is 1. The number of benzene rings is 1. The zero-order chi connectivity index (χ0) is 10.8. The highest BCUT2D eigenvalue weighted by Gasteiger charge is 2.05. The summed E-state index contributed by atoms with van der Waals surface area (Å²) in [5.74, 6) is 1.08. The Balaban J connectivity index is 2.29. The molecule has 0 spiro atoms. The van der Waals surface area contributed by atoms with Gasteiger partial charge < -0.3 is 5.73 Å². The van der Waals surface area contributed by atoms with Crippen molar-refractivity contribution >= 4 is 17.5 Å². The van der Waals surface area contributed by atoms with Gasteiger partial charge in [-0.25, -0.2) is 4.68 Å². The largest absolute Gasteiger partial charge is 0.368 e. The fourth-order valence-electron chi connectivity index (χ4n) is 1.38. The molecule has 0 fully saturated rings. The van der Waals surface area contributed by atoms with Gasteiger partial charge in [-0.1, -0.05) is 29.8 Å². The normalized spacial score (nSPS) is 10.5. The molecule has 0 unspecified atom stereocenters. The van der Waals surface area contributed by atoms with Crippen molar-refractivity contribution in [3.8, 4) is 0 Å². The van der Waals surface area contributed by atoms with Gasteiger partial charge in [0.15, 0.2) is 0 Å². The molecule has 5 heteroatoms. The molecule has 0 bridgehead atoms. The summed E-state index contributed by atoms with van der Waals surface area (Å²) < 4.78 is 1.64. The predicted molar refractivity (Wildman–Crippen MR) is 59.7 cm³/mol. The smallest absolute Gasteiger partial charge is 0.219 e. The van der Waals surface area contributed by atoms with Crippen LogP contribution in [0.2, 0.25) is 5.02 Å². The van der Waals surface area contributed by atoms with Crippen LogP contribution >= 0.6 is 11.6 Å². The van der Waals surface area contributed by atoms with Gasteiger partial charge in [0.25, 0.3) is 0 Å². The minimum Gasteiger partial charge on any atom is -0.368 e. The van der Waals surface area contributed by atoms with E-state index in [0.717, 1.165) is 5.56 Å². The average Bonchev–Trinajstić information content (AvgIpc) is 2.49. The zero-order valence-electron chi connectivity index (χ0n) is 8.31. The molecule has 4 nitrogen and oxygen atoms in total. The first kappa shape index (κ1) is 9.98. The van der Waals surface area contributed by atoms with E-state index >= 15 is 0 Å². The van der Waals surface area contributed by atoms with E-state index in [-0.39, 0.29) is 0 Å². The number of hydrogen-bond donors (Lipinski definition) is 1. The Bertz CT molecular complexity index is 478. The SMILES string of the molecule is Cc1nc(N)n(Cc2ccccc2Cl)n1. The van der Waals surface area contributed by atoms with Crippen molar-refractivity contribution in [3.63, 3.8) is 0 Å². The molecule has 1 aromatic carbocycles. The second-order valence-electron chi connectivity index (χ2n) is 3.27. The van der Waals surface area contributed by atoms with Crippen molar-refractivity contribution < 1.29 is 0 Å². The number of rotatable bonds is 2. The van der Waals surface area contributed by atoms with Crippen LogP contribution < -0.4 is 5.73 Å². The van der Waals surface area contributed by atoms with Gasteiger partial charge in [-0.3, -0.25) is 0 Å². The van der Waals surface area contributed by atoms with E-state index in [0.29, 0.717) is 23.3 Å². The standard InChI is InChI=1S/C10H11ClN4/c1-7-13-10(12)15(14-7)6-8-4-2-3-5-9(8)11/h2-5H,6H2,1H3,(H2,12,13,14). The van der Waals surface area contributed by atoms with Crippen LogP contribution in [0.4, 0.5) is 5.95 Å². The van der Waals surface area contributed by atoms with Gasteiger partial charge in [-0.15, -0.1) is 0 Å². The number of halogens is 1. The van der Waals surface area contributed by atoms with Crippen molar-refractivity contribution in [1.29, 1.82) is 0 Å². The summed E-state index contributed by atoms with van der Waals surface area (Å²) in [5.41, 5.74) is 6.67. The third kappa shape index (κ3) is 2.10. The monoisotopic (exact) mass is 222 g/mol. The van der Waals surface area contributed by atoms with Gasteiger partial charge in [0.2, 0.25) is 5.95 Å². The fourth-order valence-corrected chi connectivity index (χ4v) is 1.57. The van der Waals surface area contributed by atoms with Crippen LogP contribution in [0.5, 0.6) is 0 Å². The van der Waals surface area contributed by atoms with Gasteiger partial charge in [-0.2, -0.15) is 10.1 Å². The summed E-state index contributed by atoms with van der Waals surface area (Å²) in [6.07, 6.45) is 0. The molecule has 0 atom stereocenters. The van der Waals surface area contributed by atoms with E-state index in [1.807, 2.05) is 24.3 Å². The molecule has 0 aliphatic carbocycles. The number of anilines is 1. The van der Waals surface area contributed by atoms with Gasteiger partial charge in [-0.05, 0) is 18.6 Å². The molecule has 0 saturated heterocycles. The summed E-state index contributed by atoms with van der Waals surface area (Å²) in [5, 5.41) is 4.88. The Morgan fingerprint density at radius 1 is 1.40 bits per heavy atom. The molecule has 0 aliphatic heterocycles. The van der Waals surface area contributed by atoms with E-state index in [9.17, 15) is 0 Å². The third-order valence-electron chi connectivity index (χ3n) is 2.08. The molecule has 15 heavy (non-hydrogen) atoms. The van der Waals surface area contributed by atoms with Crippen molar-refractivity contribution in [3.05, 3.63) is 40.7 Å². The zero-order valence-corrected chi connectivity index (χ0v) is 9.07. The van der Waals surface area contributed by atoms with E-state index in [1.165, 1.54) is 0 Å². The average molecular weight is 223 g/mol. The van der Waals surface area contributed by atoms with Gasteiger partial charge in [0, 0.05) is 5.02 Å². The Morgan fingerprint density at radius 3 is 2.73 bits per heavy atom. The molecule has 0 radical (unpaired) electrons. The highest BCUT2D eigenvalue weighted by molar-refractivity contribution is 6.31. The van der Waals surface area contributed by atoms with E-state index in [4.69, 9.17) is 17.3 Å². The summed E-state index contributed by atoms with van der Waals surface area (Å²) in [6.45, 7) is 2.35. The van der Waals surface area contributed by atoms with Crippen LogP contribution in [-0.4, -0.2) is 14.8 Å².